The topological polar surface area (TPSA) is 86.9 Å². The summed E-state index contributed by atoms with van der Waals surface area (Å²) >= 11 is 0. The van der Waals surface area contributed by atoms with Crippen LogP contribution < -0.4 is 15.0 Å². The van der Waals surface area contributed by atoms with Crippen molar-refractivity contribution in [1.82, 2.24) is 9.55 Å². The third kappa shape index (κ3) is 6.01. The maximum atomic E-state index is 14.0. The van der Waals surface area contributed by atoms with Gasteiger partial charge in [-0.1, -0.05) is 6.07 Å². The number of carbonyl (C=O) groups excluding carboxylic acids is 1. The number of esters is 1. The number of carbonyl (C=O) groups is 1. The minimum Gasteiger partial charge on any atom is -0.497 e. The van der Waals surface area contributed by atoms with Gasteiger partial charge in [-0.3, -0.25) is 4.79 Å². The van der Waals surface area contributed by atoms with E-state index in [4.69, 9.17) is 20.8 Å². The molecule has 0 amide bonds. The summed E-state index contributed by atoms with van der Waals surface area (Å²) in [6, 6.07) is 19.1. The van der Waals surface area contributed by atoms with Crippen LogP contribution in [0.15, 0.2) is 77.6 Å². The van der Waals surface area contributed by atoms with Gasteiger partial charge in [0.05, 0.1) is 32.4 Å². The van der Waals surface area contributed by atoms with E-state index in [1.807, 2.05) is 0 Å². The quantitative estimate of drug-likeness (QED) is 0.144. The number of aromatic nitrogens is 2. The molecule has 8 nitrogen and oxygen atoms in total. The van der Waals surface area contributed by atoms with Crippen LogP contribution in [0.25, 0.3) is 27.0 Å². The van der Waals surface area contributed by atoms with Crippen molar-refractivity contribution in [1.29, 1.82) is 0 Å². The molecule has 0 fully saturated rings. The number of benzene rings is 3. The molecule has 2 aromatic heterocycles. The second kappa shape index (κ2) is 12.0. The van der Waals surface area contributed by atoms with E-state index in [9.17, 15) is 22.8 Å². The van der Waals surface area contributed by atoms with Crippen molar-refractivity contribution >= 4 is 22.6 Å². The Kier molecular flexibility index (Phi) is 8.18. The molecule has 0 radical (unpaired) electrons. The molecule has 1 N–H and O–H groups in total. The highest BCUT2D eigenvalue weighted by Gasteiger charge is 2.36. The van der Waals surface area contributed by atoms with Gasteiger partial charge in [-0.05, 0) is 97.3 Å². The molecule has 0 aliphatic heterocycles. The zero-order valence-corrected chi connectivity index (χ0v) is 23.9. The lowest BCUT2D eigenvalue weighted by molar-refractivity contribution is -0.136. The standard InChI is InChI=1S/C33H26F3N3O5/c1-5-43-32(41)28-16-22-15-25(12-13-27(22)38-28)44-23-9-6-20(7-10-23)29-17-26(33(34,35)36)30(37-3)31(40)39(29)18-21-8-11-24(42-4)14-19(21)2/h6-17,38H,5,18H2,1-2,4H3. The third-order valence-electron chi connectivity index (χ3n) is 7.04. The van der Waals surface area contributed by atoms with Gasteiger partial charge in [-0.15, -0.1) is 0 Å². The number of nitrogens with zero attached hydrogens (tertiary/aromatic N) is 2. The summed E-state index contributed by atoms with van der Waals surface area (Å²) in [7, 11) is 1.52. The number of rotatable bonds is 8. The number of aromatic amines is 1. The summed E-state index contributed by atoms with van der Waals surface area (Å²) in [5.74, 6) is 0.981. The lowest BCUT2D eigenvalue weighted by atomic mass is 10.0. The summed E-state index contributed by atoms with van der Waals surface area (Å²) in [5.41, 5.74) is -0.538. The SMILES string of the molecule is [C-]#[N+]c1c(C(F)(F)F)cc(-c2ccc(Oc3ccc4[nH]c(C(=O)OCC)cc4c3)cc2)n(Cc2ccc(OC)cc2C)c1=O. The molecule has 0 bridgehead atoms. The van der Waals surface area contributed by atoms with E-state index >= 15 is 0 Å². The molecule has 224 valence electrons. The lowest BCUT2D eigenvalue weighted by Crippen LogP contribution is -2.25. The molecule has 0 spiro atoms. The molecule has 44 heavy (non-hydrogen) atoms. The number of nitrogens with one attached hydrogen (secondary N) is 1. The maximum Gasteiger partial charge on any atom is 0.407 e. The van der Waals surface area contributed by atoms with Crippen LogP contribution >= 0.6 is 0 Å². The molecule has 0 aliphatic rings. The number of methoxy groups -OCH3 is 1. The molecule has 0 aliphatic carbocycles. The first-order valence-corrected chi connectivity index (χ1v) is 13.5. The van der Waals surface area contributed by atoms with Crippen molar-refractivity contribution in [2.45, 2.75) is 26.6 Å². The van der Waals surface area contributed by atoms with Gasteiger partial charge in [-0.2, -0.15) is 13.2 Å². The fraction of sp³-hybridized carbons (Fsp3) is 0.182. The maximum absolute atomic E-state index is 14.0. The smallest absolute Gasteiger partial charge is 0.407 e. The number of ether oxygens (including phenoxy) is 3. The normalized spacial score (nSPS) is 11.3. The first kappa shape index (κ1) is 30.0. The number of pyridine rings is 1. The second-order valence-electron chi connectivity index (χ2n) is 9.86. The molecule has 0 atom stereocenters. The molecule has 2 heterocycles. The minimum absolute atomic E-state index is 0.00303. The Morgan fingerprint density at radius 1 is 0.977 bits per heavy atom. The van der Waals surface area contributed by atoms with Crippen molar-refractivity contribution in [2.24, 2.45) is 0 Å². The van der Waals surface area contributed by atoms with E-state index in [1.165, 1.54) is 11.7 Å². The van der Waals surface area contributed by atoms with Crippen LogP contribution in [0.5, 0.6) is 17.2 Å². The van der Waals surface area contributed by atoms with Gasteiger partial charge in [0.2, 0.25) is 0 Å². The first-order chi connectivity index (χ1) is 21.0. The number of alkyl halides is 3. The molecule has 0 saturated heterocycles. The molecule has 11 heteroatoms. The zero-order chi connectivity index (χ0) is 31.6. The van der Waals surface area contributed by atoms with E-state index in [1.54, 1.807) is 80.6 Å². The number of hydrogen-bond acceptors (Lipinski definition) is 5. The molecule has 5 rings (SSSR count). The summed E-state index contributed by atoms with van der Waals surface area (Å²) in [6.07, 6.45) is -4.91. The first-order valence-electron chi connectivity index (χ1n) is 13.5. The van der Waals surface area contributed by atoms with Crippen molar-refractivity contribution in [3.05, 3.63) is 117 Å². The zero-order valence-electron chi connectivity index (χ0n) is 23.9. The van der Waals surface area contributed by atoms with Crippen molar-refractivity contribution in [3.63, 3.8) is 0 Å². The van der Waals surface area contributed by atoms with Crippen LogP contribution in [0, 0.1) is 13.5 Å². The van der Waals surface area contributed by atoms with Gasteiger partial charge in [0.15, 0.2) is 0 Å². The van der Waals surface area contributed by atoms with Gasteiger partial charge in [0, 0.05) is 16.6 Å². The fourth-order valence-electron chi connectivity index (χ4n) is 4.82. The van der Waals surface area contributed by atoms with Crippen LogP contribution in [0.1, 0.15) is 34.1 Å². The van der Waals surface area contributed by atoms with E-state index in [-0.39, 0.29) is 18.8 Å². The number of aryl methyl sites for hydroxylation is 1. The Bertz CT molecular complexity index is 1970. The summed E-state index contributed by atoms with van der Waals surface area (Å²) < 4.78 is 59.3. The summed E-state index contributed by atoms with van der Waals surface area (Å²) in [6.45, 7) is 11.0. The largest absolute Gasteiger partial charge is 0.497 e. The fourth-order valence-corrected chi connectivity index (χ4v) is 4.82. The highest BCUT2D eigenvalue weighted by Crippen LogP contribution is 2.38. The highest BCUT2D eigenvalue weighted by molar-refractivity contribution is 5.95. The molecule has 3 aromatic carbocycles. The Hall–Kier alpha value is -5.50. The van der Waals surface area contributed by atoms with Crippen LogP contribution in [0.3, 0.4) is 0 Å². The second-order valence-corrected chi connectivity index (χ2v) is 9.86. The minimum atomic E-state index is -4.91. The number of H-pyrrole nitrogens is 1. The monoisotopic (exact) mass is 601 g/mol. The van der Waals surface area contributed by atoms with Crippen molar-refractivity contribution in [3.8, 4) is 28.5 Å². The van der Waals surface area contributed by atoms with Crippen molar-refractivity contribution < 1.29 is 32.2 Å². The van der Waals surface area contributed by atoms with Gasteiger partial charge >= 0.3 is 12.1 Å². The predicted molar refractivity (Wildman–Crippen MR) is 159 cm³/mol. The number of hydrogen-bond donors (Lipinski definition) is 1. The number of halogens is 3. The van der Waals surface area contributed by atoms with E-state index in [2.05, 4.69) is 9.83 Å². The Morgan fingerprint density at radius 2 is 1.68 bits per heavy atom. The lowest BCUT2D eigenvalue weighted by Gasteiger charge is -2.19. The highest BCUT2D eigenvalue weighted by atomic mass is 19.4. The number of fused-ring (bicyclic) bond motifs is 1. The molecule has 0 unspecified atom stereocenters. The molecular formula is C33H26F3N3O5. The summed E-state index contributed by atoms with van der Waals surface area (Å²) in [4.78, 5) is 31.4. The summed E-state index contributed by atoms with van der Waals surface area (Å²) in [5, 5.41) is 0.722. The van der Waals surface area contributed by atoms with Crippen molar-refractivity contribution in [2.75, 3.05) is 13.7 Å². The van der Waals surface area contributed by atoms with Gasteiger partial charge in [-0.25, -0.2) is 9.64 Å². The van der Waals surface area contributed by atoms with E-state index in [0.717, 1.165) is 17.0 Å². The third-order valence-corrected chi connectivity index (χ3v) is 7.04. The Labute approximate surface area is 250 Å². The van der Waals surface area contributed by atoms with E-state index in [0.29, 0.717) is 39.6 Å². The predicted octanol–water partition coefficient (Wildman–Crippen LogP) is 7.90. The van der Waals surface area contributed by atoms with Gasteiger partial charge in [0.25, 0.3) is 11.2 Å². The van der Waals surface area contributed by atoms with Gasteiger partial charge in [0.1, 0.15) is 22.9 Å². The average molecular weight is 602 g/mol. The molecule has 0 saturated carbocycles. The van der Waals surface area contributed by atoms with Crippen LogP contribution in [-0.2, 0) is 17.5 Å². The Balaban J connectivity index is 1.51. The average Bonchev–Trinajstić information content (AvgIpc) is 3.42. The van der Waals surface area contributed by atoms with Crippen LogP contribution in [0.2, 0.25) is 0 Å². The van der Waals surface area contributed by atoms with Crippen LogP contribution in [0.4, 0.5) is 18.9 Å². The molecule has 5 aromatic rings. The molecular weight excluding hydrogens is 575 g/mol. The Morgan fingerprint density at radius 3 is 2.32 bits per heavy atom. The van der Waals surface area contributed by atoms with E-state index < -0.39 is 29.0 Å². The van der Waals surface area contributed by atoms with Gasteiger partial charge < -0.3 is 23.8 Å². The van der Waals surface area contributed by atoms with Crippen LogP contribution in [-0.4, -0.2) is 29.2 Å².